The van der Waals surface area contributed by atoms with E-state index in [1.807, 2.05) is 0 Å². The zero-order valence-corrected chi connectivity index (χ0v) is 18.0. The van der Waals surface area contributed by atoms with Gasteiger partial charge in [0.2, 0.25) is 17.7 Å². The smallest absolute Gasteiger partial charge is 0.250 e. The number of hydrogen-bond acceptors (Lipinski definition) is 5. The average Bonchev–Trinajstić information content (AvgIpc) is 3.22. The molecule has 10 heteroatoms. The van der Waals surface area contributed by atoms with Crippen LogP contribution in [-0.2, 0) is 19.9 Å². The molecule has 4 rings (SSSR count). The first-order chi connectivity index (χ1) is 14.8. The van der Waals surface area contributed by atoms with Crippen molar-refractivity contribution >= 4 is 52.3 Å². The van der Waals surface area contributed by atoms with Gasteiger partial charge in [-0.1, -0.05) is 35.3 Å². The van der Waals surface area contributed by atoms with Crippen LogP contribution in [0, 0.1) is 5.92 Å². The Hall–Kier alpha value is -2.81. The predicted molar refractivity (Wildman–Crippen MR) is 117 cm³/mol. The Bertz CT molecular complexity index is 1090. The van der Waals surface area contributed by atoms with Gasteiger partial charge in [-0.05, 0) is 30.7 Å². The van der Waals surface area contributed by atoms with Gasteiger partial charge in [0.25, 0.3) is 0 Å². The van der Waals surface area contributed by atoms with Crippen molar-refractivity contribution in [2.45, 2.75) is 24.4 Å². The summed E-state index contributed by atoms with van der Waals surface area (Å²) in [6.07, 6.45) is 0.201. The van der Waals surface area contributed by atoms with Gasteiger partial charge < -0.3 is 21.1 Å². The van der Waals surface area contributed by atoms with Crippen molar-refractivity contribution < 1.29 is 19.1 Å². The van der Waals surface area contributed by atoms with Gasteiger partial charge in [-0.3, -0.25) is 19.7 Å². The number of carbonyl (C=O) groups excluding carboxylic acids is 3. The zero-order chi connectivity index (χ0) is 22.3. The van der Waals surface area contributed by atoms with E-state index in [9.17, 15) is 14.4 Å². The highest BCUT2D eigenvalue weighted by Gasteiger charge is 2.60. The van der Waals surface area contributed by atoms with E-state index < -0.39 is 35.2 Å². The molecule has 31 heavy (non-hydrogen) atoms. The van der Waals surface area contributed by atoms with Gasteiger partial charge in [0.15, 0.2) is 0 Å². The molecule has 5 N–H and O–H groups in total. The van der Waals surface area contributed by atoms with Crippen LogP contribution < -0.4 is 26.4 Å². The van der Waals surface area contributed by atoms with Crippen LogP contribution in [-0.4, -0.2) is 30.9 Å². The quantitative estimate of drug-likeness (QED) is 0.543. The number of nitrogens with one attached hydrogen (secondary N) is 3. The molecule has 2 aromatic rings. The summed E-state index contributed by atoms with van der Waals surface area (Å²) in [4.78, 5) is 38.2. The molecule has 162 valence electrons. The Morgan fingerprint density at radius 2 is 2.06 bits per heavy atom. The van der Waals surface area contributed by atoms with Gasteiger partial charge in [0.05, 0.1) is 29.4 Å². The van der Waals surface area contributed by atoms with Crippen LogP contribution in [0.25, 0.3) is 0 Å². The molecule has 2 aromatic carbocycles. The van der Waals surface area contributed by atoms with Crippen molar-refractivity contribution in [2.24, 2.45) is 11.7 Å². The van der Waals surface area contributed by atoms with Crippen LogP contribution in [0.4, 0.5) is 11.4 Å². The fourth-order valence-corrected chi connectivity index (χ4v) is 4.82. The summed E-state index contributed by atoms with van der Waals surface area (Å²) >= 11 is 12.4. The monoisotopic (exact) mass is 462 g/mol. The second kappa shape index (κ2) is 8.03. The number of ether oxygens (including phenoxy) is 1. The lowest BCUT2D eigenvalue weighted by molar-refractivity contribution is -0.130. The topological polar surface area (TPSA) is 123 Å². The molecule has 1 fully saturated rings. The third-order valence-electron chi connectivity index (χ3n) is 5.69. The maximum absolute atomic E-state index is 13.4. The molecule has 0 radical (unpaired) electrons. The number of hydrogen-bond donors (Lipinski definition) is 4. The van der Waals surface area contributed by atoms with Crippen LogP contribution in [0.15, 0.2) is 36.4 Å². The standard InChI is InChI=1S/C21H20Cl2N4O4/c1-31-16-6-5-10(22)7-15(16)25-19(29)13-8-11(9-17(24)28)27-21(13)12-3-2-4-14(23)18(12)26-20(21)30/h2-7,11,13,27H,8-9H2,1H3,(H2,24,28)(H,25,29)(H,26,30)/t11-,13-,21+/m0/s1. The van der Waals surface area contributed by atoms with Crippen LogP contribution in [0.3, 0.4) is 0 Å². The highest BCUT2D eigenvalue weighted by Crippen LogP contribution is 2.49. The van der Waals surface area contributed by atoms with Crippen molar-refractivity contribution in [3.05, 3.63) is 52.0 Å². The minimum absolute atomic E-state index is 0.0187. The van der Waals surface area contributed by atoms with Crippen LogP contribution in [0.2, 0.25) is 10.0 Å². The third kappa shape index (κ3) is 3.60. The molecule has 1 spiro atoms. The van der Waals surface area contributed by atoms with E-state index in [1.54, 1.807) is 36.4 Å². The van der Waals surface area contributed by atoms with E-state index in [1.165, 1.54) is 7.11 Å². The van der Waals surface area contributed by atoms with E-state index >= 15 is 0 Å². The van der Waals surface area contributed by atoms with Crippen molar-refractivity contribution in [1.82, 2.24) is 5.32 Å². The van der Waals surface area contributed by atoms with E-state index in [-0.39, 0.29) is 12.8 Å². The Morgan fingerprint density at radius 3 is 2.77 bits per heavy atom. The van der Waals surface area contributed by atoms with Crippen molar-refractivity contribution in [2.75, 3.05) is 17.7 Å². The summed E-state index contributed by atoms with van der Waals surface area (Å²) < 4.78 is 5.30. The summed E-state index contributed by atoms with van der Waals surface area (Å²) in [5.74, 6) is -1.80. The van der Waals surface area contributed by atoms with E-state index in [0.29, 0.717) is 32.7 Å². The first kappa shape index (κ1) is 21.4. The van der Waals surface area contributed by atoms with Gasteiger partial charge in [-0.2, -0.15) is 0 Å². The zero-order valence-electron chi connectivity index (χ0n) is 16.5. The second-order valence-corrected chi connectivity index (χ2v) is 8.40. The van der Waals surface area contributed by atoms with Gasteiger partial charge in [-0.15, -0.1) is 0 Å². The number of amides is 3. The normalized spacial score (nSPS) is 24.0. The Morgan fingerprint density at radius 1 is 1.29 bits per heavy atom. The SMILES string of the molecule is COc1ccc(Cl)cc1NC(=O)[C@@H]1C[C@@H](CC(N)=O)N[C@@]12C(=O)Nc1c(Cl)cccc12. The number of methoxy groups -OCH3 is 1. The molecular formula is C21H20Cl2N4O4. The molecule has 0 bridgehead atoms. The summed E-state index contributed by atoms with van der Waals surface area (Å²) in [6.45, 7) is 0. The maximum atomic E-state index is 13.4. The number of nitrogens with two attached hydrogens (primary N) is 1. The number of benzene rings is 2. The van der Waals surface area contributed by atoms with Crippen molar-refractivity contribution in [3.8, 4) is 5.75 Å². The average molecular weight is 463 g/mol. The van der Waals surface area contributed by atoms with Gasteiger partial charge in [0, 0.05) is 23.0 Å². The van der Waals surface area contributed by atoms with Crippen molar-refractivity contribution in [1.29, 1.82) is 0 Å². The summed E-state index contributed by atoms with van der Waals surface area (Å²) in [6, 6.07) is 9.47. The second-order valence-electron chi connectivity index (χ2n) is 7.56. The van der Waals surface area contributed by atoms with Crippen molar-refractivity contribution in [3.63, 3.8) is 0 Å². The summed E-state index contributed by atoms with van der Waals surface area (Å²) in [5, 5.41) is 9.57. The van der Waals surface area contributed by atoms with Gasteiger partial charge >= 0.3 is 0 Å². The lowest BCUT2D eigenvalue weighted by Crippen LogP contribution is -2.52. The Labute approximate surface area is 188 Å². The molecule has 0 aliphatic carbocycles. The van der Waals surface area contributed by atoms with Crippen LogP contribution >= 0.6 is 23.2 Å². The Kier molecular flexibility index (Phi) is 5.55. The first-order valence-corrected chi connectivity index (χ1v) is 10.3. The fraction of sp³-hybridized carbons (Fsp3) is 0.286. The van der Waals surface area contributed by atoms with E-state index in [2.05, 4.69) is 16.0 Å². The number of para-hydroxylation sites is 1. The molecule has 2 aliphatic rings. The summed E-state index contributed by atoms with van der Waals surface area (Å²) in [5.41, 5.74) is 5.36. The number of anilines is 2. The molecule has 0 aromatic heterocycles. The molecule has 0 saturated carbocycles. The Balaban J connectivity index is 1.75. The lowest BCUT2D eigenvalue weighted by Gasteiger charge is -2.29. The van der Waals surface area contributed by atoms with Crippen LogP contribution in [0.5, 0.6) is 5.75 Å². The minimum atomic E-state index is -1.39. The van der Waals surface area contributed by atoms with E-state index in [4.69, 9.17) is 33.7 Å². The molecule has 3 amide bonds. The number of rotatable bonds is 5. The predicted octanol–water partition coefficient (Wildman–Crippen LogP) is 2.64. The molecular weight excluding hydrogens is 443 g/mol. The first-order valence-electron chi connectivity index (χ1n) is 9.57. The number of primary amides is 1. The highest BCUT2D eigenvalue weighted by molar-refractivity contribution is 6.35. The maximum Gasteiger partial charge on any atom is 0.250 e. The third-order valence-corrected chi connectivity index (χ3v) is 6.24. The molecule has 8 nitrogen and oxygen atoms in total. The van der Waals surface area contributed by atoms with E-state index in [0.717, 1.165) is 0 Å². The summed E-state index contributed by atoms with van der Waals surface area (Å²) in [7, 11) is 1.48. The highest BCUT2D eigenvalue weighted by atomic mass is 35.5. The fourth-order valence-electron chi connectivity index (χ4n) is 4.42. The van der Waals surface area contributed by atoms with Crippen LogP contribution in [0.1, 0.15) is 18.4 Å². The number of carbonyl (C=O) groups is 3. The molecule has 2 aliphatic heterocycles. The van der Waals surface area contributed by atoms with Gasteiger partial charge in [-0.25, -0.2) is 0 Å². The number of fused-ring (bicyclic) bond motifs is 2. The molecule has 0 unspecified atom stereocenters. The molecule has 2 heterocycles. The minimum Gasteiger partial charge on any atom is -0.495 e. The largest absolute Gasteiger partial charge is 0.495 e. The molecule has 3 atom stereocenters. The number of halogens is 2. The molecule has 1 saturated heterocycles. The lowest BCUT2D eigenvalue weighted by atomic mass is 9.79. The van der Waals surface area contributed by atoms with Gasteiger partial charge in [0.1, 0.15) is 11.3 Å².